The molecular formula is C14H22N2O4. The Bertz CT molecular complexity index is 427. The molecule has 0 saturated heterocycles. The molecule has 0 bridgehead atoms. The molecule has 0 saturated carbocycles. The Hall–Kier alpha value is -1.79. The van der Waals surface area contributed by atoms with Crippen LogP contribution in [-0.2, 0) is 4.79 Å². The molecule has 0 spiro atoms. The van der Waals surface area contributed by atoms with Crippen LogP contribution in [0.25, 0.3) is 0 Å². The average molecular weight is 282 g/mol. The number of phenols is 2. The van der Waals surface area contributed by atoms with Crippen molar-refractivity contribution in [1.29, 1.82) is 0 Å². The summed E-state index contributed by atoms with van der Waals surface area (Å²) in [7, 11) is 0. The molecule has 6 nitrogen and oxygen atoms in total. The molecular weight excluding hydrogens is 260 g/mol. The first-order valence-electron chi connectivity index (χ1n) is 6.70. The number of benzene rings is 1. The zero-order chi connectivity index (χ0) is 15.1. The van der Waals surface area contributed by atoms with Gasteiger partial charge in [0.05, 0.1) is 5.56 Å². The van der Waals surface area contributed by atoms with Crippen molar-refractivity contribution in [3.05, 3.63) is 23.8 Å². The van der Waals surface area contributed by atoms with Crippen LogP contribution in [0.4, 0.5) is 0 Å². The molecule has 20 heavy (non-hydrogen) atoms. The van der Waals surface area contributed by atoms with Gasteiger partial charge in [-0.15, -0.1) is 0 Å². The summed E-state index contributed by atoms with van der Waals surface area (Å²) >= 11 is 0. The summed E-state index contributed by atoms with van der Waals surface area (Å²) < 4.78 is 0. The van der Waals surface area contributed by atoms with E-state index in [4.69, 9.17) is 0 Å². The second kappa shape index (κ2) is 7.72. The van der Waals surface area contributed by atoms with E-state index in [1.807, 2.05) is 13.8 Å². The van der Waals surface area contributed by atoms with Gasteiger partial charge < -0.3 is 25.5 Å². The van der Waals surface area contributed by atoms with E-state index in [-0.39, 0.29) is 17.1 Å². The van der Waals surface area contributed by atoms with Crippen LogP contribution in [0.15, 0.2) is 18.2 Å². The smallest absolute Gasteiger partial charge is 0.253 e. The molecule has 1 atom stereocenters. The van der Waals surface area contributed by atoms with Crippen molar-refractivity contribution in [2.24, 2.45) is 0 Å². The Morgan fingerprint density at radius 3 is 2.30 bits per heavy atom. The zero-order valence-corrected chi connectivity index (χ0v) is 11.8. The molecule has 4 N–H and O–H groups in total. The van der Waals surface area contributed by atoms with Gasteiger partial charge in [0.1, 0.15) is 11.5 Å². The third-order valence-corrected chi connectivity index (χ3v) is 3.20. The molecule has 1 aromatic rings. The van der Waals surface area contributed by atoms with E-state index in [9.17, 15) is 20.1 Å². The molecule has 0 fully saturated rings. The summed E-state index contributed by atoms with van der Waals surface area (Å²) in [5.74, 6) is -1.26. The second-order valence-electron chi connectivity index (χ2n) is 4.43. The number of nitrogens with one attached hydrogen (secondary N) is 1. The SMILES string of the molecule is CCN(CC)CCNC(=O)C(O)c1c(O)cccc1O. The number of likely N-dealkylation sites (N-methyl/N-ethyl adjacent to an activating group) is 1. The highest BCUT2D eigenvalue weighted by Gasteiger charge is 2.23. The number of carbonyl (C=O) groups is 1. The predicted molar refractivity (Wildman–Crippen MR) is 75.5 cm³/mol. The molecule has 0 radical (unpaired) electrons. The highest BCUT2D eigenvalue weighted by atomic mass is 16.3. The summed E-state index contributed by atoms with van der Waals surface area (Å²) in [6.07, 6.45) is -1.59. The molecule has 1 aromatic carbocycles. The summed E-state index contributed by atoms with van der Waals surface area (Å²) in [5.41, 5.74) is -0.173. The van der Waals surface area contributed by atoms with Gasteiger partial charge in [0, 0.05) is 13.1 Å². The van der Waals surface area contributed by atoms with Gasteiger partial charge in [-0.05, 0) is 25.2 Å². The van der Waals surface area contributed by atoms with E-state index in [1.165, 1.54) is 18.2 Å². The maximum Gasteiger partial charge on any atom is 0.253 e. The normalized spacial score (nSPS) is 12.4. The Morgan fingerprint density at radius 2 is 1.80 bits per heavy atom. The number of rotatable bonds is 7. The number of aliphatic hydroxyl groups is 1. The standard InChI is InChI=1S/C14H22N2O4/c1-3-16(4-2)9-8-15-14(20)13(19)12-10(17)6-5-7-11(12)18/h5-7,13,17-19H,3-4,8-9H2,1-2H3,(H,15,20). The lowest BCUT2D eigenvalue weighted by atomic mass is 10.1. The van der Waals surface area contributed by atoms with Crippen molar-refractivity contribution in [2.45, 2.75) is 20.0 Å². The van der Waals surface area contributed by atoms with Crippen LogP contribution < -0.4 is 5.32 Å². The summed E-state index contributed by atoms with van der Waals surface area (Å²) in [4.78, 5) is 13.9. The summed E-state index contributed by atoms with van der Waals surface area (Å²) in [6, 6.07) is 4.04. The summed E-state index contributed by atoms with van der Waals surface area (Å²) in [6.45, 7) is 6.90. The minimum Gasteiger partial charge on any atom is -0.507 e. The van der Waals surface area contributed by atoms with Crippen LogP contribution in [0.3, 0.4) is 0 Å². The number of nitrogens with zero attached hydrogens (tertiary/aromatic N) is 1. The lowest BCUT2D eigenvalue weighted by Crippen LogP contribution is -2.37. The average Bonchev–Trinajstić information content (AvgIpc) is 2.43. The first-order valence-corrected chi connectivity index (χ1v) is 6.70. The molecule has 0 aliphatic carbocycles. The molecule has 1 unspecified atom stereocenters. The van der Waals surface area contributed by atoms with Gasteiger partial charge >= 0.3 is 0 Å². The third-order valence-electron chi connectivity index (χ3n) is 3.20. The fourth-order valence-electron chi connectivity index (χ4n) is 1.93. The van der Waals surface area contributed by atoms with Crippen molar-refractivity contribution in [3.63, 3.8) is 0 Å². The van der Waals surface area contributed by atoms with E-state index in [0.717, 1.165) is 13.1 Å². The molecule has 1 amide bonds. The van der Waals surface area contributed by atoms with Crippen LogP contribution in [0.2, 0.25) is 0 Å². The fourth-order valence-corrected chi connectivity index (χ4v) is 1.93. The molecule has 1 rings (SSSR count). The first kappa shape index (κ1) is 16.3. The van der Waals surface area contributed by atoms with Gasteiger partial charge in [0.15, 0.2) is 6.10 Å². The van der Waals surface area contributed by atoms with Crippen molar-refractivity contribution in [3.8, 4) is 11.5 Å². The number of phenolic OH excluding ortho intramolecular Hbond substituents is 2. The maximum absolute atomic E-state index is 11.8. The number of aromatic hydroxyl groups is 2. The van der Waals surface area contributed by atoms with E-state index >= 15 is 0 Å². The topological polar surface area (TPSA) is 93.0 Å². The monoisotopic (exact) mass is 282 g/mol. The molecule has 0 aliphatic heterocycles. The van der Waals surface area contributed by atoms with Gasteiger partial charge in [0.25, 0.3) is 5.91 Å². The van der Waals surface area contributed by atoms with Gasteiger partial charge in [-0.25, -0.2) is 0 Å². The van der Waals surface area contributed by atoms with Crippen molar-refractivity contribution in [1.82, 2.24) is 10.2 Å². The van der Waals surface area contributed by atoms with Gasteiger partial charge in [-0.2, -0.15) is 0 Å². The van der Waals surface area contributed by atoms with E-state index < -0.39 is 12.0 Å². The summed E-state index contributed by atoms with van der Waals surface area (Å²) in [5, 5.41) is 31.7. The second-order valence-corrected chi connectivity index (χ2v) is 4.43. The van der Waals surface area contributed by atoms with Crippen LogP contribution in [-0.4, -0.2) is 52.3 Å². The maximum atomic E-state index is 11.8. The number of hydrogen-bond acceptors (Lipinski definition) is 5. The first-order chi connectivity index (χ1) is 9.51. The van der Waals surface area contributed by atoms with Crippen molar-refractivity contribution in [2.75, 3.05) is 26.2 Å². The number of hydrogen-bond donors (Lipinski definition) is 4. The van der Waals surface area contributed by atoms with Crippen LogP contribution in [0.5, 0.6) is 11.5 Å². The van der Waals surface area contributed by atoms with Gasteiger partial charge in [0.2, 0.25) is 0 Å². The van der Waals surface area contributed by atoms with Crippen molar-refractivity contribution >= 4 is 5.91 Å². The van der Waals surface area contributed by atoms with Crippen LogP contribution in [0.1, 0.15) is 25.5 Å². The molecule has 6 heteroatoms. The molecule has 0 aromatic heterocycles. The van der Waals surface area contributed by atoms with E-state index in [1.54, 1.807) is 0 Å². The minimum absolute atomic E-state index is 0.173. The highest BCUT2D eigenvalue weighted by molar-refractivity contribution is 5.83. The number of aliphatic hydroxyl groups excluding tert-OH is 1. The highest BCUT2D eigenvalue weighted by Crippen LogP contribution is 2.32. The van der Waals surface area contributed by atoms with E-state index in [0.29, 0.717) is 13.1 Å². The van der Waals surface area contributed by atoms with Crippen LogP contribution >= 0.6 is 0 Å². The lowest BCUT2D eigenvalue weighted by molar-refractivity contribution is -0.129. The number of amides is 1. The fraction of sp³-hybridized carbons (Fsp3) is 0.500. The molecule has 0 aliphatic rings. The lowest BCUT2D eigenvalue weighted by Gasteiger charge is -2.19. The Morgan fingerprint density at radius 1 is 1.25 bits per heavy atom. The number of carbonyl (C=O) groups excluding carboxylic acids is 1. The van der Waals surface area contributed by atoms with Crippen molar-refractivity contribution < 1.29 is 20.1 Å². The largest absolute Gasteiger partial charge is 0.507 e. The predicted octanol–water partition coefficient (Wildman–Crippen LogP) is 0.589. The zero-order valence-electron chi connectivity index (χ0n) is 11.8. The Balaban J connectivity index is 2.59. The molecule has 0 heterocycles. The molecule has 112 valence electrons. The Labute approximate surface area is 118 Å². The van der Waals surface area contributed by atoms with E-state index in [2.05, 4.69) is 10.2 Å². The van der Waals surface area contributed by atoms with Gasteiger partial charge in [-0.1, -0.05) is 19.9 Å². The third kappa shape index (κ3) is 4.11. The van der Waals surface area contributed by atoms with Gasteiger partial charge in [-0.3, -0.25) is 4.79 Å². The Kier molecular flexibility index (Phi) is 6.27. The van der Waals surface area contributed by atoms with Crippen LogP contribution in [0, 0.1) is 0 Å². The minimum atomic E-state index is -1.59. The quantitative estimate of drug-likeness (QED) is 0.587.